The Hall–Kier alpha value is -1.79. The van der Waals surface area contributed by atoms with Gasteiger partial charge in [0, 0.05) is 24.2 Å². The van der Waals surface area contributed by atoms with E-state index in [1.54, 1.807) is 0 Å². The third-order valence-corrected chi connectivity index (χ3v) is 3.97. The summed E-state index contributed by atoms with van der Waals surface area (Å²) >= 11 is 0. The van der Waals surface area contributed by atoms with E-state index >= 15 is 0 Å². The van der Waals surface area contributed by atoms with Crippen LogP contribution >= 0.6 is 0 Å². The largest absolute Gasteiger partial charge is 0.384 e. The van der Waals surface area contributed by atoms with E-state index in [1.165, 1.54) is 12.8 Å². The molecule has 0 heterocycles. The number of carbonyl (C=O) groups is 1. The maximum atomic E-state index is 12.6. The third kappa shape index (κ3) is 3.20. The van der Waals surface area contributed by atoms with E-state index in [1.807, 2.05) is 37.1 Å². The zero-order chi connectivity index (χ0) is 14.5. The molecule has 0 aromatic heterocycles. The van der Waals surface area contributed by atoms with E-state index < -0.39 is 0 Å². The van der Waals surface area contributed by atoms with Gasteiger partial charge < -0.3 is 10.0 Å². The maximum absolute atomic E-state index is 12.6. The molecule has 1 N–H and O–H groups in total. The molecule has 3 nitrogen and oxygen atoms in total. The van der Waals surface area contributed by atoms with Gasteiger partial charge in [0.05, 0.1) is 0 Å². The molecule has 20 heavy (non-hydrogen) atoms. The monoisotopic (exact) mass is 271 g/mol. The van der Waals surface area contributed by atoms with Gasteiger partial charge in [-0.1, -0.05) is 30.7 Å². The molecule has 0 spiro atoms. The van der Waals surface area contributed by atoms with Crippen LogP contribution in [0.5, 0.6) is 0 Å². The van der Waals surface area contributed by atoms with Gasteiger partial charge in [-0.2, -0.15) is 0 Å². The summed E-state index contributed by atoms with van der Waals surface area (Å²) in [5.74, 6) is 5.54. The van der Waals surface area contributed by atoms with Gasteiger partial charge in [0.15, 0.2) is 0 Å². The lowest BCUT2D eigenvalue weighted by Crippen LogP contribution is -2.35. The molecule has 0 aliphatic heterocycles. The second-order valence-corrected chi connectivity index (χ2v) is 5.34. The van der Waals surface area contributed by atoms with Gasteiger partial charge in [-0.3, -0.25) is 4.79 Å². The molecule has 1 aliphatic carbocycles. The van der Waals surface area contributed by atoms with Gasteiger partial charge in [0.25, 0.3) is 5.91 Å². The Balaban J connectivity index is 2.23. The van der Waals surface area contributed by atoms with E-state index in [2.05, 4.69) is 11.8 Å². The van der Waals surface area contributed by atoms with Gasteiger partial charge in [-0.05, 0) is 37.5 Å². The number of carbonyl (C=O) groups excluding carboxylic acids is 1. The van der Waals surface area contributed by atoms with E-state index in [0.29, 0.717) is 11.6 Å². The standard InChI is InChI=1S/C17H21NO2/c1-13-9-10-14(6-5-11-19)12-16(13)17(20)18(2)15-7-3-4-8-15/h9-10,12,15,19H,3-4,7-8,11H2,1-2H3. The van der Waals surface area contributed by atoms with Crippen LogP contribution in [0.15, 0.2) is 18.2 Å². The average molecular weight is 271 g/mol. The van der Waals surface area contributed by atoms with E-state index in [4.69, 9.17) is 5.11 Å². The van der Waals surface area contributed by atoms with Crippen LogP contribution in [0.25, 0.3) is 0 Å². The smallest absolute Gasteiger partial charge is 0.254 e. The first-order valence-corrected chi connectivity index (χ1v) is 7.11. The van der Waals surface area contributed by atoms with Gasteiger partial charge in [0.2, 0.25) is 0 Å². The maximum Gasteiger partial charge on any atom is 0.254 e. The predicted octanol–water partition coefficient (Wildman–Crippen LogP) is 2.35. The Morgan fingerprint density at radius 1 is 1.40 bits per heavy atom. The zero-order valence-corrected chi connectivity index (χ0v) is 12.1. The van der Waals surface area contributed by atoms with Crippen LogP contribution in [0, 0.1) is 18.8 Å². The van der Waals surface area contributed by atoms with Gasteiger partial charge >= 0.3 is 0 Å². The van der Waals surface area contributed by atoms with Gasteiger partial charge in [-0.25, -0.2) is 0 Å². The van der Waals surface area contributed by atoms with Crippen molar-refractivity contribution in [2.75, 3.05) is 13.7 Å². The van der Waals surface area contributed by atoms with Crippen molar-refractivity contribution in [2.45, 2.75) is 38.6 Å². The van der Waals surface area contributed by atoms with Crippen molar-refractivity contribution in [3.63, 3.8) is 0 Å². The Morgan fingerprint density at radius 2 is 2.10 bits per heavy atom. The second-order valence-electron chi connectivity index (χ2n) is 5.34. The molecule has 106 valence electrons. The molecule has 1 saturated carbocycles. The van der Waals surface area contributed by atoms with Crippen LogP contribution in [0.3, 0.4) is 0 Å². The van der Waals surface area contributed by atoms with Gasteiger partial charge in [-0.15, -0.1) is 0 Å². The number of nitrogens with zero attached hydrogens (tertiary/aromatic N) is 1. The molecule has 0 bridgehead atoms. The number of amides is 1. The molecule has 1 aliphatic rings. The molecule has 1 fully saturated rings. The lowest BCUT2D eigenvalue weighted by molar-refractivity contribution is 0.0734. The number of hydrogen-bond donors (Lipinski definition) is 1. The molecule has 1 aromatic rings. The molecule has 1 aromatic carbocycles. The first-order valence-electron chi connectivity index (χ1n) is 7.11. The highest BCUT2D eigenvalue weighted by Gasteiger charge is 2.25. The summed E-state index contributed by atoms with van der Waals surface area (Å²) in [5, 5.41) is 8.74. The lowest BCUT2D eigenvalue weighted by atomic mass is 10.0. The van der Waals surface area contributed by atoms with Crippen molar-refractivity contribution < 1.29 is 9.90 Å². The number of hydrogen-bond acceptors (Lipinski definition) is 2. The highest BCUT2D eigenvalue weighted by atomic mass is 16.2. The first kappa shape index (κ1) is 14.6. The summed E-state index contributed by atoms with van der Waals surface area (Å²) in [5.41, 5.74) is 2.45. The number of rotatable bonds is 2. The SMILES string of the molecule is Cc1ccc(C#CCO)cc1C(=O)N(C)C1CCCC1. The fraction of sp³-hybridized carbons (Fsp3) is 0.471. The minimum Gasteiger partial charge on any atom is -0.384 e. The van der Waals surface area contributed by atoms with Crippen LogP contribution in [-0.2, 0) is 0 Å². The fourth-order valence-corrected chi connectivity index (χ4v) is 2.72. The van der Waals surface area contributed by atoms with Crippen LogP contribution < -0.4 is 0 Å². The van der Waals surface area contributed by atoms with Crippen molar-refractivity contribution in [2.24, 2.45) is 0 Å². The summed E-state index contributed by atoms with van der Waals surface area (Å²) < 4.78 is 0. The Bertz CT molecular complexity index is 548. The van der Waals surface area contributed by atoms with Crippen LogP contribution in [0.2, 0.25) is 0 Å². The van der Waals surface area contributed by atoms with Crippen LogP contribution in [0.4, 0.5) is 0 Å². The molecular formula is C17H21NO2. The first-order chi connectivity index (χ1) is 9.63. The van der Waals surface area contributed by atoms with Crippen molar-refractivity contribution in [3.05, 3.63) is 34.9 Å². The van der Waals surface area contributed by atoms with Crippen LogP contribution in [-0.4, -0.2) is 35.6 Å². The van der Waals surface area contributed by atoms with Gasteiger partial charge in [0.1, 0.15) is 6.61 Å². The minimum absolute atomic E-state index is 0.0713. The highest BCUT2D eigenvalue weighted by molar-refractivity contribution is 5.96. The Morgan fingerprint density at radius 3 is 2.75 bits per heavy atom. The normalized spacial score (nSPS) is 14.8. The number of aliphatic hydroxyl groups excluding tert-OH is 1. The highest BCUT2D eigenvalue weighted by Crippen LogP contribution is 2.24. The molecule has 0 unspecified atom stereocenters. The number of aryl methyl sites for hydroxylation is 1. The average Bonchev–Trinajstić information content (AvgIpc) is 2.99. The molecule has 0 atom stereocenters. The molecule has 2 rings (SSSR count). The number of benzene rings is 1. The molecule has 1 amide bonds. The summed E-state index contributed by atoms with van der Waals surface area (Å²) in [7, 11) is 1.89. The number of aliphatic hydroxyl groups is 1. The second kappa shape index (κ2) is 6.58. The predicted molar refractivity (Wildman–Crippen MR) is 79.5 cm³/mol. The topological polar surface area (TPSA) is 40.5 Å². The Labute approximate surface area is 120 Å². The third-order valence-electron chi connectivity index (χ3n) is 3.97. The van der Waals surface area contributed by atoms with E-state index in [0.717, 1.165) is 24.0 Å². The van der Waals surface area contributed by atoms with Crippen molar-refractivity contribution >= 4 is 5.91 Å². The van der Waals surface area contributed by atoms with Crippen molar-refractivity contribution in [3.8, 4) is 11.8 Å². The summed E-state index contributed by atoms with van der Waals surface area (Å²) in [6.07, 6.45) is 4.63. The fourth-order valence-electron chi connectivity index (χ4n) is 2.72. The summed E-state index contributed by atoms with van der Waals surface area (Å²) in [6, 6.07) is 5.99. The van der Waals surface area contributed by atoms with E-state index in [9.17, 15) is 4.79 Å². The van der Waals surface area contributed by atoms with Crippen molar-refractivity contribution in [1.82, 2.24) is 4.90 Å². The van der Waals surface area contributed by atoms with E-state index in [-0.39, 0.29) is 12.5 Å². The quantitative estimate of drug-likeness (QED) is 0.839. The molecule has 0 saturated heterocycles. The molecular weight excluding hydrogens is 250 g/mol. The summed E-state index contributed by atoms with van der Waals surface area (Å²) in [6.45, 7) is 1.78. The lowest BCUT2D eigenvalue weighted by Gasteiger charge is -2.25. The Kier molecular flexibility index (Phi) is 4.81. The summed E-state index contributed by atoms with van der Waals surface area (Å²) in [4.78, 5) is 14.5. The molecule has 3 heteroatoms. The zero-order valence-electron chi connectivity index (χ0n) is 12.1. The minimum atomic E-state index is -0.168. The molecule has 0 radical (unpaired) electrons. The van der Waals surface area contributed by atoms with Crippen LogP contribution in [0.1, 0.15) is 47.2 Å². The van der Waals surface area contributed by atoms with Crippen molar-refractivity contribution in [1.29, 1.82) is 0 Å².